The van der Waals surface area contributed by atoms with Crippen molar-refractivity contribution in [2.45, 2.75) is 12.5 Å². The van der Waals surface area contributed by atoms with Gasteiger partial charge >= 0.3 is 5.97 Å². The van der Waals surface area contributed by atoms with Gasteiger partial charge in [-0.15, -0.1) is 0 Å². The Bertz CT molecular complexity index is 572. The van der Waals surface area contributed by atoms with Crippen LogP contribution < -0.4 is 0 Å². The lowest BCUT2D eigenvalue weighted by Crippen LogP contribution is -2.29. The topological polar surface area (TPSA) is 29.5 Å². The molecule has 0 bridgehead atoms. The first-order valence-electron chi connectivity index (χ1n) is 7.71. The summed E-state index contributed by atoms with van der Waals surface area (Å²) < 4.78 is 4.91. The Morgan fingerprint density at radius 2 is 1.59 bits per heavy atom. The second-order valence-corrected chi connectivity index (χ2v) is 5.73. The number of rotatable bonds is 4. The van der Waals surface area contributed by atoms with Crippen LogP contribution in [0.1, 0.15) is 23.6 Å². The van der Waals surface area contributed by atoms with Gasteiger partial charge in [0.05, 0.1) is 19.1 Å². The van der Waals surface area contributed by atoms with Crippen LogP contribution >= 0.6 is 0 Å². The molecule has 0 saturated carbocycles. The Hall–Kier alpha value is -2.13. The minimum Gasteiger partial charge on any atom is -0.469 e. The smallest absolute Gasteiger partial charge is 0.310 e. The molecule has 114 valence electrons. The van der Waals surface area contributed by atoms with Crippen molar-refractivity contribution in [3.05, 3.63) is 71.8 Å². The minimum atomic E-state index is -0.0950. The molecular formula is C19H21NO2. The Morgan fingerprint density at radius 3 is 2.09 bits per heavy atom. The predicted molar refractivity (Wildman–Crippen MR) is 86.4 cm³/mol. The van der Waals surface area contributed by atoms with Crippen LogP contribution in [0.2, 0.25) is 0 Å². The Balaban J connectivity index is 1.89. The van der Waals surface area contributed by atoms with Crippen molar-refractivity contribution < 1.29 is 9.53 Å². The van der Waals surface area contributed by atoms with Crippen molar-refractivity contribution in [1.82, 2.24) is 4.90 Å². The van der Waals surface area contributed by atoms with Crippen molar-refractivity contribution in [2.24, 2.45) is 5.92 Å². The molecule has 3 nitrogen and oxygen atoms in total. The summed E-state index contributed by atoms with van der Waals surface area (Å²) in [6, 6.07) is 21.2. The third-order valence-electron chi connectivity index (χ3n) is 4.35. The summed E-state index contributed by atoms with van der Waals surface area (Å²) in [5, 5.41) is 0. The van der Waals surface area contributed by atoms with Crippen molar-refractivity contribution in [1.29, 1.82) is 0 Å². The van der Waals surface area contributed by atoms with E-state index in [0.29, 0.717) is 0 Å². The van der Waals surface area contributed by atoms with Gasteiger partial charge in [0.25, 0.3) is 0 Å². The molecule has 0 radical (unpaired) electrons. The fourth-order valence-corrected chi connectivity index (χ4v) is 3.27. The number of ether oxygens (including phenoxy) is 1. The lowest BCUT2D eigenvalue weighted by molar-refractivity contribution is -0.145. The molecule has 22 heavy (non-hydrogen) atoms. The van der Waals surface area contributed by atoms with Crippen LogP contribution in [0.5, 0.6) is 0 Å². The Labute approximate surface area is 131 Å². The van der Waals surface area contributed by atoms with Gasteiger partial charge in [0.1, 0.15) is 0 Å². The number of carbonyl (C=O) groups excluding carboxylic acids is 1. The molecule has 2 aromatic rings. The normalized spacial score (nSPS) is 18.5. The fraction of sp³-hybridized carbons (Fsp3) is 0.316. The maximum atomic E-state index is 11.8. The van der Waals surface area contributed by atoms with Gasteiger partial charge in [-0.2, -0.15) is 0 Å². The van der Waals surface area contributed by atoms with E-state index in [4.69, 9.17) is 4.74 Å². The highest BCUT2D eigenvalue weighted by Gasteiger charge is 2.34. The van der Waals surface area contributed by atoms with Gasteiger partial charge in [0, 0.05) is 6.54 Å². The summed E-state index contributed by atoms with van der Waals surface area (Å²) in [6.07, 6.45) is 0.864. The van der Waals surface area contributed by atoms with Crippen LogP contribution in [-0.2, 0) is 9.53 Å². The van der Waals surface area contributed by atoms with Crippen molar-refractivity contribution >= 4 is 5.97 Å². The van der Waals surface area contributed by atoms with E-state index in [1.165, 1.54) is 18.2 Å². The van der Waals surface area contributed by atoms with Gasteiger partial charge in [-0.05, 0) is 24.1 Å². The number of carbonyl (C=O) groups is 1. The number of nitrogens with zero attached hydrogens (tertiary/aromatic N) is 1. The molecule has 1 unspecified atom stereocenters. The Morgan fingerprint density at radius 1 is 1.05 bits per heavy atom. The second kappa shape index (κ2) is 6.75. The molecule has 1 heterocycles. The lowest BCUT2D eigenvalue weighted by Gasteiger charge is -2.28. The standard InChI is InChI=1S/C19H21NO2/c1-22-19(21)17-12-13-20(14-17)18(15-8-4-2-5-9-15)16-10-6-3-7-11-16/h2-11,17-18H,12-14H2,1H3. The fourth-order valence-electron chi connectivity index (χ4n) is 3.27. The maximum Gasteiger partial charge on any atom is 0.310 e. The van der Waals surface area contributed by atoms with Gasteiger partial charge in [0.15, 0.2) is 0 Å². The molecule has 0 aliphatic carbocycles. The summed E-state index contributed by atoms with van der Waals surface area (Å²) >= 11 is 0. The predicted octanol–water partition coefficient (Wildman–Crippen LogP) is 3.27. The van der Waals surface area contributed by atoms with E-state index < -0.39 is 0 Å². The van der Waals surface area contributed by atoms with Crippen LogP contribution in [0.4, 0.5) is 0 Å². The minimum absolute atomic E-state index is 0.0140. The molecule has 1 fully saturated rings. The second-order valence-electron chi connectivity index (χ2n) is 5.73. The zero-order valence-electron chi connectivity index (χ0n) is 12.8. The molecule has 0 spiro atoms. The molecule has 3 heteroatoms. The van der Waals surface area contributed by atoms with E-state index >= 15 is 0 Å². The lowest BCUT2D eigenvalue weighted by atomic mass is 9.97. The highest BCUT2D eigenvalue weighted by atomic mass is 16.5. The number of likely N-dealkylation sites (tertiary alicyclic amines) is 1. The average Bonchev–Trinajstić information content (AvgIpc) is 3.06. The van der Waals surface area contributed by atoms with Crippen LogP contribution in [0.3, 0.4) is 0 Å². The van der Waals surface area contributed by atoms with Crippen LogP contribution in [0, 0.1) is 5.92 Å². The molecule has 0 amide bonds. The highest BCUT2D eigenvalue weighted by molar-refractivity contribution is 5.72. The summed E-state index contributed by atoms with van der Waals surface area (Å²) in [7, 11) is 1.47. The largest absolute Gasteiger partial charge is 0.469 e. The monoisotopic (exact) mass is 295 g/mol. The highest BCUT2D eigenvalue weighted by Crippen LogP contribution is 2.33. The van der Waals surface area contributed by atoms with Crippen molar-refractivity contribution in [2.75, 3.05) is 20.2 Å². The van der Waals surface area contributed by atoms with E-state index in [-0.39, 0.29) is 17.9 Å². The Kier molecular flexibility index (Phi) is 4.54. The average molecular weight is 295 g/mol. The molecule has 2 aromatic carbocycles. The SMILES string of the molecule is COC(=O)C1CCN(C(c2ccccc2)c2ccccc2)C1. The van der Waals surface area contributed by atoms with Gasteiger partial charge < -0.3 is 4.74 Å². The zero-order valence-corrected chi connectivity index (χ0v) is 12.8. The summed E-state index contributed by atoms with van der Waals surface area (Å²) in [5.41, 5.74) is 2.53. The number of esters is 1. The van der Waals surface area contributed by atoms with E-state index in [0.717, 1.165) is 19.5 Å². The van der Waals surface area contributed by atoms with Crippen LogP contribution in [0.15, 0.2) is 60.7 Å². The van der Waals surface area contributed by atoms with E-state index in [9.17, 15) is 4.79 Å². The molecule has 1 aliphatic heterocycles. The molecular weight excluding hydrogens is 274 g/mol. The van der Waals surface area contributed by atoms with Gasteiger partial charge in [-0.1, -0.05) is 60.7 Å². The molecule has 0 N–H and O–H groups in total. The van der Waals surface area contributed by atoms with Gasteiger partial charge in [0.2, 0.25) is 0 Å². The van der Waals surface area contributed by atoms with Crippen LogP contribution in [-0.4, -0.2) is 31.1 Å². The first-order chi connectivity index (χ1) is 10.8. The summed E-state index contributed by atoms with van der Waals surface area (Å²) in [5.74, 6) is -0.109. The molecule has 1 atom stereocenters. The summed E-state index contributed by atoms with van der Waals surface area (Å²) in [6.45, 7) is 1.66. The third kappa shape index (κ3) is 3.04. The number of benzene rings is 2. The molecule has 1 aliphatic rings. The first kappa shape index (κ1) is 14.8. The number of hydrogen-bond acceptors (Lipinski definition) is 3. The van der Waals surface area contributed by atoms with Crippen molar-refractivity contribution in [3.63, 3.8) is 0 Å². The quantitative estimate of drug-likeness (QED) is 0.811. The van der Waals surface area contributed by atoms with Gasteiger partial charge in [-0.25, -0.2) is 0 Å². The number of methoxy groups -OCH3 is 1. The zero-order chi connectivity index (χ0) is 15.4. The molecule has 1 saturated heterocycles. The number of hydrogen-bond donors (Lipinski definition) is 0. The maximum absolute atomic E-state index is 11.8. The summed E-state index contributed by atoms with van der Waals surface area (Å²) in [4.78, 5) is 14.2. The van der Waals surface area contributed by atoms with Gasteiger partial charge in [-0.3, -0.25) is 9.69 Å². The van der Waals surface area contributed by atoms with E-state index in [1.54, 1.807) is 0 Å². The van der Waals surface area contributed by atoms with Crippen molar-refractivity contribution in [3.8, 4) is 0 Å². The third-order valence-corrected chi connectivity index (χ3v) is 4.35. The van der Waals surface area contributed by atoms with Crippen LogP contribution in [0.25, 0.3) is 0 Å². The first-order valence-corrected chi connectivity index (χ1v) is 7.71. The van der Waals surface area contributed by atoms with E-state index in [2.05, 4.69) is 53.4 Å². The molecule has 3 rings (SSSR count). The molecule has 0 aromatic heterocycles. The van der Waals surface area contributed by atoms with E-state index in [1.807, 2.05) is 12.1 Å².